The number of carbonyl (C=O) groups is 1. The van der Waals surface area contributed by atoms with Gasteiger partial charge in [-0.2, -0.15) is 0 Å². The maximum absolute atomic E-state index is 14.0. The van der Waals surface area contributed by atoms with Crippen LogP contribution in [0.5, 0.6) is 0 Å². The van der Waals surface area contributed by atoms with Crippen LogP contribution in [0.4, 0.5) is 13.6 Å². The minimum Gasteiger partial charge on any atom is -0.444 e. The molecule has 0 spiro atoms. The fourth-order valence-corrected chi connectivity index (χ4v) is 2.73. The van der Waals surface area contributed by atoms with E-state index in [9.17, 15) is 13.6 Å². The number of piperidine rings is 1. The van der Waals surface area contributed by atoms with Crippen molar-refractivity contribution < 1.29 is 18.3 Å². The number of carbonyl (C=O) groups excluding carboxylic acids is 1. The van der Waals surface area contributed by atoms with E-state index in [2.05, 4.69) is 5.32 Å². The first-order valence-corrected chi connectivity index (χ1v) is 7.77. The Hall–Kier alpha value is -1.69. The monoisotopic (exact) mass is 326 g/mol. The molecular weight excluding hydrogens is 302 g/mol. The van der Waals surface area contributed by atoms with Crippen LogP contribution in [0.15, 0.2) is 30.3 Å². The van der Waals surface area contributed by atoms with Crippen LogP contribution in [0.1, 0.15) is 32.8 Å². The van der Waals surface area contributed by atoms with Crippen molar-refractivity contribution >= 4 is 6.09 Å². The second-order valence-electron chi connectivity index (χ2n) is 7.06. The lowest BCUT2D eigenvalue weighted by Gasteiger charge is -2.38. The molecule has 1 fully saturated rings. The van der Waals surface area contributed by atoms with Gasteiger partial charge in [0, 0.05) is 19.5 Å². The number of nitrogens with one attached hydrogen (secondary N) is 1. The van der Waals surface area contributed by atoms with Crippen LogP contribution in [0, 0.1) is 0 Å². The minimum absolute atomic E-state index is 0.297. The molecule has 4 nitrogen and oxygen atoms in total. The molecule has 0 radical (unpaired) electrons. The lowest BCUT2D eigenvalue weighted by atomic mass is 10.0. The van der Waals surface area contributed by atoms with Gasteiger partial charge >= 0.3 is 6.09 Å². The fourth-order valence-electron chi connectivity index (χ4n) is 2.73. The van der Waals surface area contributed by atoms with Crippen LogP contribution in [-0.4, -0.2) is 41.6 Å². The first kappa shape index (κ1) is 17.7. The summed E-state index contributed by atoms with van der Waals surface area (Å²) < 4.78 is 33.1. The smallest absolute Gasteiger partial charge is 0.407 e. The summed E-state index contributed by atoms with van der Waals surface area (Å²) in [6.45, 7) is 5.73. The van der Waals surface area contributed by atoms with Gasteiger partial charge in [-0.3, -0.25) is 4.90 Å². The molecule has 0 bridgehead atoms. The number of amides is 1. The number of rotatable bonds is 3. The molecule has 1 saturated heterocycles. The third-order valence-corrected chi connectivity index (χ3v) is 3.45. The number of likely N-dealkylation sites (tertiary alicyclic amines) is 1. The van der Waals surface area contributed by atoms with Crippen molar-refractivity contribution in [2.24, 2.45) is 0 Å². The number of alkyl carbamates (subject to hydrolysis) is 1. The number of halogens is 2. The molecule has 1 aliphatic heterocycles. The van der Waals surface area contributed by atoms with Gasteiger partial charge in [0.2, 0.25) is 0 Å². The predicted molar refractivity (Wildman–Crippen MR) is 84.4 cm³/mol. The van der Waals surface area contributed by atoms with Gasteiger partial charge in [-0.15, -0.1) is 0 Å². The highest BCUT2D eigenvalue weighted by Crippen LogP contribution is 2.28. The molecule has 1 aromatic rings. The molecule has 1 heterocycles. The zero-order chi connectivity index (χ0) is 17.1. The Labute approximate surface area is 135 Å². The topological polar surface area (TPSA) is 41.6 Å². The van der Waals surface area contributed by atoms with Crippen molar-refractivity contribution in [3.63, 3.8) is 0 Å². The highest BCUT2D eigenvalue weighted by Gasteiger charge is 2.41. The zero-order valence-corrected chi connectivity index (χ0v) is 13.8. The van der Waals surface area contributed by atoms with Gasteiger partial charge in [0.15, 0.2) is 0 Å². The van der Waals surface area contributed by atoms with Crippen LogP contribution in [0.3, 0.4) is 0 Å². The molecule has 1 aromatic carbocycles. The average molecular weight is 326 g/mol. The number of ether oxygens (including phenoxy) is 1. The van der Waals surface area contributed by atoms with Crippen LogP contribution in [-0.2, 0) is 11.3 Å². The van der Waals surface area contributed by atoms with Gasteiger partial charge < -0.3 is 10.1 Å². The van der Waals surface area contributed by atoms with E-state index in [4.69, 9.17) is 4.74 Å². The molecule has 128 valence electrons. The second-order valence-corrected chi connectivity index (χ2v) is 7.06. The summed E-state index contributed by atoms with van der Waals surface area (Å²) in [6, 6.07) is 8.84. The molecule has 0 saturated carbocycles. The van der Waals surface area contributed by atoms with E-state index in [1.165, 1.54) is 0 Å². The third kappa shape index (κ3) is 6.14. The summed E-state index contributed by atoms with van der Waals surface area (Å²) in [4.78, 5) is 13.5. The SMILES string of the molecule is CC(C)(C)OC(=O)N[C@H]1CN(Cc2ccccc2)CC(F)(F)C1. The van der Waals surface area contributed by atoms with Crippen LogP contribution >= 0.6 is 0 Å². The Kier molecular flexibility index (Phi) is 5.24. The van der Waals surface area contributed by atoms with Gasteiger partial charge in [-0.25, -0.2) is 13.6 Å². The number of hydrogen-bond acceptors (Lipinski definition) is 3. The maximum Gasteiger partial charge on any atom is 0.407 e. The van der Waals surface area contributed by atoms with E-state index in [1.807, 2.05) is 30.3 Å². The summed E-state index contributed by atoms with van der Waals surface area (Å²) in [7, 11) is 0. The van der Waals surface area contributed by atoms with Gasteiger partial charge in [0.1, 0.15) is 5.60 Å². The Morgan fingerprint density at radius 1 is 1.35 bits per heavy atom. The molecule has 1 N–H and O–H groups in total. The summed E-state index contributed by atoms with van der Waals surface area (Å²) in [6.07, 6.45) is -1.02. The highest BCUT2D eigenvalue weighted by atomic mass is 19.3. The standard InChI is InChI=1S/C17H24F2N2O2/c1-16(2,3)23-15(22)20-14-9-17(18,19)12-21(11-14)10-13-7-5-4-6-8-13/h4-8,14H,9-12H2,1-3H3,(H,20,22)/t14-/m1/s1. The maximum atomic E-state index is 14.0. The normalized spacial score (nSPS) is 21.7. The highest BCUT2D eigenvalue weighted by molar-refractivity contribution is 5.68. The Morgan fingerprint density at radius 3 is 2.61 bits per heavy atom. The van der Waals surface area contributed by atoms with E-state index in [-0.39, 0.29) is 13.0 Å². The number of benzene rings is 1. The first-order chi connectivity index (χ1) is 10.6. The lowest BCUT2D eigenvalue weighted by molar-refractivity contribution is -0.0774. The van der Waals surface area contributed by atoms with Crippen molar-refractivity contribution in [2.75, 3.05) is 13.1 Å². The third-order valence-electron chi connectivity index (χ3n) is 3.45. The number of hydrogen-bond donors (Lipinski definition) is 1. The Bertz CT molecular complexity index is 529. The van der Waals surface area contributed by atoms with E-state index in [0.717, 1.165) is 5.56 Å². The molecule has 0 aliphatic carbocycles. The summed E-state index contributed by atoms with van der Waals surface area (Å²) >= 11 is 0. The molecule has 6 heteroatoms. The second kappa shape index (κ2) is 6.83. The van der Waals surface area contributed by atoms with Gasteiger partial charge in [-0.05, 0) is 26.3 Å². The van der Waals surface area contributed by atoms with Crippen molar-refractivity contribution in [2.45, 2.75) is 51.3 Å². The molecule has 2 rings (SSSR count). The summed E-state index contributed by atoms with van der Waals surface area (Å²) in [5.41, 5.74) is 0.326. The van der Waals surface area contributed by atoms with Crippen LogP contribution in [0.25, 0.3) is 0 Å². The Morgan fingerprint density at radius 2 is 2.00 bits per heavy atom. The van der Waals surface area contributed by atoms with Gasteiger partial charge in [0.05, 0.1) is 12.6 Å². The number of nitrogens with zero attached hydrogens (tertiary/aromatic N) is 1. The molecule has 0 aromatic heterocycles. The zero-order valence-electron chi connectivity index (χ0n) is 13.8. The van der Waals surface area contributed by atoms with Gasteiger partial charge in [0.25, 0.3) is 5.92 Å². The number of alkyl halides is 2. The predicted octanol–water partition coefficient (Wildman–Crippen LogP) is 3.42. The van der Waals surface area contributed by atoms with E-state index >= 15 is 0 Å². The van der Waals surface area contributed by atoms with Gasteiger partial charge in [-0.1, -0.05) is 30.3 Å². The quantitative estimate of drug-likeness (QED) is 0.925. The van der Waals surface area contributed by atoms with E-state index in [0.29, 0.717) is 13.1 Å². The van der Waals surface area contributed by atoms with Crippen molar-refractivity contribution in [1.82, 2.24) is 10.2 Å². The molecule has 0 unspecified atom stereocenters. The van der Waals surface area contributed by atoms with Crippen molar-refractivity contribution in [3.8, 4) is 0 Å². The Balaban J connectivity index is 1.97. The molecule has 1 atom stereocenters. The van der Waals surface area contributed by atoms with Crippen LogP contribution in [0.2, 0.25) is 0 Å². The van der Waals surface area contributed by atoms with E-state index in [1.54, 1.807) is 25.7 Å². The fraction of sp³-hybridized carbons (Fsp3) is 0.588. The van der Waals surface area contributed by atoms with Crippen LogP contribution < -0.4 is 5.32 Å². The lowest BCUT2D eigenvalue weighted by Crippen LogP contribution is -2.55. The molecule has 1 amide bonds. The molecule has 1 aliphatic rings. The summed E-state index contributed by atoms with van der Waals surface area (Å²) in [5, 5.41) is 2.56. The molecule has 23 heavy (non-hydrogen) atoms. The largest absolute Gasteiger partial charge is 0.444 e. The summed E-state index contributed by atoms with van der Waals surface area (Å²) in [5.74, 6) is -2.83. The average Bonchev–Trinajstić information content (AvgIpc) is 2.35. The minimum atomic E-state index is -2.83. The molecular formula is C17H24F2N2O2. The first-order valence-electron chi connectivity index (χ1n) is 7.77. The van der Waals surface area contributed by atoms with Crippen molar-refractivity contribution in [1.29, 1.82) is 0 Å². The van der Waals surface area contributed by atoms with E-state index < -0.39 is 23.7 Å². The van der Waals surface area contributed by atoms with Crippen molar-refractivity contribution in [3.05, 3.63) is 35.9 Å².